The van der Waals surface area contributed by atoms with Crippen molar-refractivity contribution in [3.63, 3.8) is 0 Å². The molecule has 1 aromatic rings. The first-order chi connectivity index (χ1) is 9.57. The molecule has 0 fully saturated rings. The standard InChI is InChI=1S/C8H11Cl2N3/c1-2-3-4-5-6(9)12-8(11)13-7(5)10/h2-4H2,1H3,(H2,11,12,13)/i1D3,2D2,3D2,4D2. The zero-order chi connectivity index (χ0) is 17.7. The maximum atomic E-state index is 7.87. The van der Waals surface area contributed by atoms with Gasteiger partial charge in [0, 0.05) is 17.9 Å². The van der Waals surface area contributed by atoms with Gasteiger partial charge in [-0.15, -0.1) is 0 Å². The molecule has 0 saturated heterocycles. The van der Waals surface area contributed by atoms with Crippen LogP contribution in [0.3, 0.4) is 0 Å². The molecule has 0 aliphatic carbocycles. The molecule has 0 radical (unpaired) electrons. The quantitative estimate of drug-likeness (QED) is 0.810. The number of nitrogen functional groups attached to an aromatic ring is 1. The van der Waals surface area contributed by atoms with E-state index in [1.54, 1.807) is 0 Å². The highest BCUT2D eigenvalue weighted by atomic mass is 35.5. The van der Waals surface area contributed by atoms with Crippen LogP contribution in [0.4, 0.5) is 5.95 Å². The average Bonchev–Trinajstić information content (AvgIpc) is 2.24. The van der Waals surface area contributed by atoms with Crippen molar-refractivity contribution in [2.24, 2.45) is 0 Å². The molecule has 1 heterocycles. The monoisotopic (exact) mass is 228 g/mol. The van der Waals surface area contributed by atoms with Gasteiger partial charge in [-0.1, -0.05) is 36.4 Å². The van der Waals surface area contributed by atoms with E-state index < -0.39 is 47.8 Å². The zero-order valence-corrected chi connectivity index (χ0v) is 7.74. The third-order valence-electron chi connectivity index (χ3n) is 1.09. The van der Waals surface area contributed by atoms with Crippen molar-refractivity contribution in [3.05, 3.63) is 15.9 Å². The number of anilines is 1. The van der Waals surface area contributed by atoms with Gasteiger partial charge in [0.1, 0.15) is 10.3 Å². The maximum Gasteiger partial charge on any atom is 0.222 e. The summed E-state index contributed by atoms with van der Waals surface area (Å²) in [6.45, 7) is -3.43. The molecule has 0 amide bonds. The van der Waals surface area contributed by atoms with E-state index in [-0.39, 0.29) is 0 Å². The molecule has 1 rings (SSSR count). The number of rotatable bonds is 3. The van der Waals surface area contributed by atoms with Crippen LogP contribution >= 0.6 is 23.2 Å². The topological polar surface area (TPSA) is 51.8 Å². The molecule has 0 aliphatic heterocycles. The Bertz CT molecular complexity index is 564. The van der Waals surface area contributed by atoms with E-state index in [4.69, 9.17) is 41.3 Å². The van der Waals surface area contributed by atoms with E-state index in [1.165, 1.54) is 0 Å². The van der Waals surface area contributed by atoms with Gasteiger partial charge in [-0.25, -0.2) is 9.97 Å². The molecule has 0 bridgehead atoms. The Kier molecular flexibility index (Phi) is 1.26. The lowest BCUT2D eigenvalue weighted by Crippen LogP contribution is -2.00. The Morgan fingerprint density at radius 2 is 2.08 bits per heavy atom. The summed E-state index contributed by atoms with van der Waals surface area (Å²) in [5.74, 6) is -0.394. The van der Waals surface area contributed by atoms with E-state index in [2.05, 4.69) is 9.97 Å². The van der Waals surface area contributed by atoms with Crippen LogP contribution < -0.4 is 5.73 Å². The van der Waals surface area contributed by atoms with Crippen LogP contribution in [0.15, 0.2) is 0 Å². The summed E-state index contributed by atoms with van der Waals surface area (Å²) >= 11 is 11.4. The Morgan fingerprint density at radius 3 is 2.62 bits per heavy atom. The summed E-state index contributed by atoms with van der Waals surface area (Å²) in [4.78, 5) is 6.87. The van der Waals surface area contributed by atoms with Gasteiger partial charge in [0.25, 0.3) is 0 Å². The molecular formula is C8H11Cl2N3. The van der Waals surface area contributed by atoms with Crippen molar-refractivity contribution in [2.45, 2.75) is 26.0 Å². The van der Waals surface area contributed by atoms with Gasteiger partial charge in [0.05, 0.1) is 0 Å². The summed E-state index contributed by atoms with van der Waals surface area (Å²) in [6.07, 6.45) is -10.3. The van der Waals surface area contributed by atoms with E-state index in [0.717, 1.165) is 0 Å². The fourth-order valence-corrected chi connectivity index (χ4v) is 1.12. The van der Waals surface area contributed by atoms with Gasteiger partial charge >= 0.3 is 0 Å². The van der Waals surface area contributed by atoms with Gasteiger partial charge < -0.3 is 5.73 Å². The molecule has 0 saturated carbocycles. The second kappa shape index (κ2) is 4.63. The van der Waals surface area contributed by atoms with E-state index in [1.807, 2.05) is 0 Å². The highest BCUT2D eigenvalue weighted by molar-refractivity contribution is 6.34. The fourth-order valence-electron chi connectivity index (χ4n) is 0.620. The minimum Gasteiger partial charge on any atom is -0.368 e. The Labute approximate surface area is 99.9 Å². The minimum atomic E-state index is -3.54. The van der Waals surface area contributed by atoms with Crippen LogP contribution in [0.25, 0.3) is 0 Å². The lowest BCUT2D eigenvalue weighted by Gasteiger charge is -2.04. The SMILES string of the molecule is [2H]C([2H])([2H])C([2H])([2H])C([2H])([2H])C([2H])([2H])c1c(Cl)nc(N)nc1Cl. The summed E-state index contributed by atoms with van der Waals surface area (Å²) in [5.41, 5.74) is 4.49. The van der Waals surface area contributed by atoms with Crippen LogP contribution in [0.1, 0.15) is 37.5 Å². The predicted octanol–water partition coefficient (Wildman–Crippen LogP) is 2.71. The number of nitrogens with two attached hydrogens (primary N) is 1. The predicted molar refractivity (Wildman–Crippen MR) is 55.1 cm³/mol. The van der Waals surface area contributed by atoms with Crippen LogP contribution in [0.2, 0.25) is 10.3 Å². The maximum absolute atomic E-state index is 7.87. The molecule has 13 heavy (non-hydrogen) atoms. The van der Waals surface area contributed by atoms with Crippen molar-refractivity contribution in [2.75, 3.05) is 5.73 Å². The Balaban J connectivity index is 3.60. The van der Waals surface area contributed by atoms with Crippen LogP contribution in [-0.2, 0) is 6.37 Å². The molecule has 0 spiro atoms. The lowest BCUT2D eigenvalue weighted by molar-refractivity contribution is 0.789. The highest BCUT2D eigenvalue weighted by Gasteiger charge is 2.09. The molecule has 0 atom stereocenters. The molecule has 0 aliphatic rings. The van der Waals surface area contributed by atoms with Crippen molar-refractivity contribution < 1.29 is 12.3 Å². The second-order valence-corrected chi connectivity index (χ2v) is 2.63. The van der Waals surface area contributed by atoms with E-state index >= 15 is 0 Å². The molecular weight excluding hydrogens is 209 g/mol. The fraction of sp³-hybridized carbons (Fsp3) is 0.500. The molecule has 2 N–H and O–H groups in total. The van der Waals surface area contributed by atoms with Crippen molar-refractivity contribution in [1.29, 1.82) is 0 Å². The first-order valence-corrected chi connectivity index (χ1v) is 3.82. The summed E-state index contributed by atoms with van der Waals surface area (Å²) in [5, 5.41) is -1.26. The van der Waals surface area contributed by atoms with Crippen molar-refractivity contribution in [3.8, 4) is 0 Å². The highest BCUT2D eigenvalue weighted by Crippen LogP contribution is 2.23. The minimum absolute atomic E-state index is 0.394. The summed E-state index contributed by atoms with van der Waals surface area (Å²) in [7, 11) is 0. The van der Waals surface area contributed by atoms with Crippen molar-refractivity contribution >= 4 is 29.2 Å². The van der Waals surface area contributed by atoms with Gasteiger partial charge in [-0.05, 0) is 12.7 Å². The third-order valence-corrected chi connectivity index (χ3v) is 1.64. The molecule has 5 heteroatoms. The van der Waals surface area contributed by atoms with E-state index in [9.17, 15) is 0 Å². The number of aromatic nitrogens is 2. The molecule has 72 valence electrons. The number of halogens is 2. The Morgan fingerprint density at radius 1 is 1.46 bits per heavy atom. The van der Waals surface area contributed by atoms with Crippen LogP contribution in [-0.4, -0.2) is 9.97 Å². The lowest BCUT2D eigenvalue weighted by atomic mass is 10.1. The summed E-state index contributed by atoms with van der Waals surface area (Å²) in [6, 6.07) is 0. The molecule has 0 unspecified atom stereocenters. The molecule has 1 aromatic heterocycles. The third kappa shape index (κ3) is 2.71. The van der Waals surface area contributed by atoms with Gasteiger partial charge in [-0.2, -0.15) is 0 Å². The van der Waals surface area contributed by atoms with Crippen molar-refractivity contribution in [1.82, 2.24) is 9.97 Å². The first-order valence-electron chi connectivity index (χ1n) is 7.56. The zero-order valence-electron chi connectivity index (χ0n) is 15.2. The van der Waals surface area contributed by atoms with Gasteiger partial charge in [0.15, 0.2) is 0 Å². The number of hydrogen-bond donors (Lipinski definition) is 1. The van der Waals surface area contributed by atoms with Crippen LogP contribution in [0.5, 0.6) is 0 Å². The number of nitrogens with zero attached hydrogens (tertiary/aromatic N) is 2. The first kappa shape index (κ1) is 3.55. The summed E-state index contributed by atoms with van der Waals surface area (Å²) < 4.78 is 67.5. The second-order valence-electron chi connectivity index (χ2n) is 1.91. The Hall–Kier alpha value is -0.540. The van der Waals surface area contributed by atoms with Gasteiger partial charge in [-0.3, -0.25) is 0 Å². The number of hydrogen-bond acceptors (Lipinski definition) is 3. The normalized spacial score (nSPS) is 24.9. The largest absolute Gasteiger partial charge is 0.368 e. The molecule has 3 nitrogen and oxygen atoms in total. The van der Waals surface area contributed by atoms with E-state index in [0.29, 0.717) is 0 Å². The van der Waals surface area contributed by atoms with Crippen LogP contribution in [0, 0.1) is 0 Å². The smallest absolute Gasteiger partial charge is 0.222 e. The molecule has 0 aromatic carbocycles. The van der Waals surface area contributed by atoms with Gasteiger partial charge in [0.2, 0.25) is 5.95 Å². The average molecular weight is 229 g/mol.